The van der Waals surface area contributed by atoms with Crippen LogP contribution in [0.25, 0.3) is 11.1 Å². The van der Waals surface area contributed by atoms with Crippen molar-refractivity contribution in [2.24, 2.45) is 0 Å². The van der Waals surface area contributed by atoms with E-state index in [0.29, 0.717) is 12.5 Å². The summed E-state index contributed by atoms with van der Waals surface area (Å²) >= 11 is 0. The molecule has 20 heavy (non-hydrogen) atoms. The van der Waals surface area contributed by atoms with Crippen molar-refractivity contribution >= 4 is 5.95 Å². The van der Waals surface area contributed by atoms with E-state index in [1.165, 1.54) is 5.56 Å². The maximum atomic E-state index is 4.13. The Morgan fingerprint density at radius 3 is 2.30 bits per heavy atom. The molecule has 3 rings (SSSR count). The lowest BCUT2D eigenvalue weighted by Crippen LogP contribution is -2.02. The van der Waals surface area contributed by atoms with E-state index in [1.807, 2.05) is 12.3 Å². The minimum atomic E-state index is 0.642. The number of hydrogen-bond donors (Lipinski definition) is 1. The van der Waals surface area contributed by atoms with Crippen LogP contribution in [0.2, 0.25) is 0 Å². The SMILES string of the molecule is c1cnc(NCc2ccc(-c3cccnc3)cc2)nc1. The molecule has 0 aliphatic carbocycles. The van der Waals surface area contributed by atoms with Gasteiger partial charge in [0.15, 0.2) is 0 Å². The van der Waals surface area contributed by atoms with Gasteiger partial charge in [-0.05, 0) is 28.8 Å². The second kappa shape index (κ2) is 5.93. The van der Waals surface area contributed by atoms with Gasteiger partial charge in [-0.1, -0.05) is 30.3 Å². The first-order valence-corrected chi connectivity index (χ1v) is 6.42. The van der Waals surface area contributed by atoms with Crippen molar-refractivity contribution < 1.29 is 0 Å². The molecule has 0 aliphatic heterocycles. The van der Waals surface area contributed by atoms with Crippen molar-refractivity contribution in [3.05, 3.63) is 72.8 Å². The summed E-state index contributed by atoms with van der Waals surface area (Å²) in [6, 6.07) is 14.2. The summed E-state index contributed by atoms with van der Waals surface area (Å²) in [5.41, 5.74) is 3.47. The van der Waals surface area contributed by atoms with Gasteiger partial charge in [0.2, 0.25) is 5.95 Å². The van der Waals surface area contributed by atoms with Gasteiger partial charge in [0.25, 0.3) is 0 Å². The predicted octanol–water partition coefficient (Wildman–Crippen LogP) is 3.15. The molecule has 0 spiro atoms. The number of aromatic nitrogens is 3. The second-order valence-corrected chi connectivity index (χ2v) is 4.36. The van der Waals surface area contributed by atoms with Gasteiger partial charge in [0, 0.05) is 31.3 Å². The topological polar surface area (TPSA) is 50.7 Å². The Kier molecular flexibility index (Phi) is 3.64. The van der Waals surface area contributed by atoms with Gasteiger partial charge in [-0.3, -0.25) is 4.98 Å². The summed E-state index contributed by atoms with van der Waals surface area (Å²) in [7, 11) is 0. The zero-order chi connectivity index (χ0) is 13.6. The summed E-state index contributed by atoms with van der Waals surface area (Å²) in [5.74, 6) is 0.642. The van der Waals surface area contributed by atoms with Crippen molar-refractivity contribution in [1.82, 2.24) is 15.0 Å². The zero-order valence-corrected chi connectivity index (χ0v) is 10.9. The number of pyridine rings is 1. The molecule has 0 radical (unpaired) electrons. The van der Waals surface area contributed by atoms with Gasteiger partial charge < -0.3 is 5.32 Å². The Bertz CT molecular complexity index is 651. The van der Waals surface area contributed by atoms with Crippen LogP contribution in [0.3, 0.4) is 0 Å². The van der Waals surface area contributed by atoms with Crippen molar-refractivity contribution in [2.45, 2.75) is 6.54 Å². The van der Waals surface area contributed by atoms with E-state index in [1.54, 1.807) is 24.7 Å². The Balaban J connectivity index is 1.68. The Morgan fingerprint density at radius 1 is 0.800 bits per heavy atom. The molecule has 98 valence electrons. The first-order chi connectivity index (χ1) is 9.92. The number of hydrogen-bond acceptors (Lipinski definition) is 4. The minimum Gasteiger partial charge on any atom is -0.350 e. The predicted molar refractivity (Wildman–Crippen MR) is 79.0 cm³/mol. The van der Waals surface area contributed by atoms with Crippen LogP contribution in [-0.4, -0.2) is 15.0 Å². The molecule has 3 aromatic rings. The van der Waals surface area contributed by atoms with Crippen LogP contribution in [0.15, 0.2) is 67.3 Å². The van der Waals surface area contributed by atoms with Crippen molar-refractivity contribution in [1.29, 1.82) is 0 Å². The van der Waals surface area contributed by atoms with Crippen LogP contribution in [0.1, 0.15) is 5.56 Å². The van der Waals surface area contributed by atoms with Gasteiger partial charge >= 0.3 is 0 Å². The highest BCUT2D eigenvalue weighted by Crippen LogP contribution is 2.18. The van der Waals surface area contributed by atoms with Crippen LogP contribution in [0.5, 0.6) is 0 Å². The summed E-state index contributed by atoms with van der Waals surface area (Å²) in [5, 5.41) is 3.19. The first kappa shape index (κ1) is 12.3. The maximum absolute atomic E-state index is 4.13. The largest absolute Gasteiger partial charge is 0.350 e. The third-order valence-corrected chi connectivity index (χ3v) is 2.97. The lowest BCUT2D eigenvalue weighted by molar-refractivity contribution is 1.05. The molecule has 1 aromatic carbocycles. The van der Waals surface area contributed by atoms with Crippen LogP contribution in [0, 0.1) is 0 Å². The molecule has 1 N–H and O–H groups in total. The Labute approximate surface area is 117 Å². The van der Waals surface area contributed by atoms with E-state index in [4.69, 9.17) is 0 Å². The van der Waals surface area contributed by atoms with E-state index >= 15 is 0 Å². The van der Waals surface area contributed by atoms with E-state index in [-0.39, 0.29) is 0 Å². The van der Waals surface area contributed by atoms with E-state index in [9.17, 15) is 0 Å². The molecule has 4 nitrogen and oxygen atoms in total. The average molecular weight is 262 g/mol. The van der Waals surface area contributed by atoms with Gasteiger partial charge in [-0.25, -0.2) is 9.97 Å². The monoisotopic (exact) mass is 262 g/mol. The number of rotatable bonds is 4. The lowest BCUT2D eigenvalue weighted by Gasteiger charge is -2.06. The van der Waals surface area contributed by atoms with E-state index < -0.39 is 0 Å². The van der Waals surface area contributed by atoms with Crippen LogP contribution >= 0.6 is 0 Å². The molecule has 0 fully saturated rings. The fourth-order valence-corrected chi connectivity index (χ4v) is 1.92. The molecule has 0 unspecified atom stereocenters. The molecular weight excluding hydrogens is 248 g/mol. The molecule has 0 saturated heterocycles. The molecule has 2 aromatic heterocycles. The minimum absolute atomic E-state index is 0.642. The summed E-state index contributed by atoms with van der Waals surface area (Å²) < 4.78 is 0. The van der Waals surface area contributed by atoms with Gasteiger partial charge in [0.1, 0.15) is 0 Å². The van der Waals surface area contributed by atoms with Crippen LogP contribution in [-0.2, 0) is 6.54 Å². The molecule has 0 aliphatic rings. The second-order valence-electron chi connectivity index (χ2n) is 4.36. The number of nitrogens with zero attached hydrogens (tertiary/aromatic N) is 3. The number of anilines is 1. The fraction of sp³-hybridized carbons (Fsp3) is 0.0625. The summed E-state index contributed by atoms with van der Waals surface area (Å²) in [4.78, 5) is 12.4. The smallest absolute Gasteiger partial charge is 0.222 e. The summed E-state index contributed by atoms with van der Waals surface area (Å²) in [6.07, 6.45) is 7.09. The Hall–Kier alpha value is -2.75. The molecule has 4 heteroatoms. The lowest BCUT2D eigenvalue weighted by atomic mass is 10.1. The highest BCUT2D eigenvalue weighted by molar-refractivity contribution is 5.62. The van der Waals surface area contributed by atoms with Gasteiger partial charge in [0.05, 0.1) is 0 Å². The molecule has 0 amide bonds. The van der Waals surface area contributed by atoms with Crippen LogP contribution in [0.4, 0.5) is 5.95 Å². The van der Waals surface area contributed by atoms with Crippen molar-refractivity contribution in [3.63, 3.8) is 0 Å². The van der Waals surface area contributed by atoms with Crippen LogP contribution < -0.4 is 5.32 Å². The average Bonchev–Trinajstić information content (AvgIpc) is 2.55. The molecule has 0 bridgehead atoms. The van der Waals surface area contributed by atoms with E-state index in [2.05, 4.69) is 50.6 Å². The number of benzene rings is 1. The highest BCUT2D eigenvalue weighted by Gasteiger charge is 1.99. The molecule has 0 atom stereocenters. The normalized spacial score (nSPS) is 10.2. The Morgan fingerprint density at radius 2 is 1.60 bits per heavy atom. The molecule has 0 saturated carbocycles. The van der Waals surface area contributed by atoms with Crippen molar-refractivity contribution in [3.8, 4) is 11.1 Å². The van der Waals surface area contributed by atoms with Crippen molar-refractivity contribution in [2.75, 3.05) is 5.32 Å². The van der Waals surface area contributed by atoms with E-state index in [0.717, 1.165) is 11.1 Å². The maximum Gasteiger partial charge on any atom is 0.222 e. The zero-order valence-electron chi connectivity index (χ0n) is 10.9. The highest BCUT2D eigenvalue weighted by atomic mass is 15.1. The third-order valence-electron chi connectivity index (χ3n) is 2.97. The number of nitrogens with one attached hydrogen (secondary N) is 1. The quantitative estimate of drug-likeness (QED) is 0.784. The van der Waals surface area contributed by atoms with Gasteiger partial charge in [-0.15, -0.1) is 0 Å². The third kappa shape index (κ3) is 2.98. The first-order valence-electron chi connectivity index (χ1n) is 6.42. The van der Waals surface area contributed by atoms with Gasteiger partial charge in [-0.2, -0.15) is 0 Å². The molecular formula is C16H14N4. The fourth-order valence-electron chi connectivity index (χ4n) is 1.92. The standard InChI is InChI=1S/C16H14N4/c1-3-15(12-17-8-1)14-6-4-13(5-7-14)11-20-16-18-9-2-10-19-16/h1-10,12H,11H2,(H,18,19,20). The summed E-state index contributed by atoms with van der Waals surface area (Å²) in [6.45, 7) is 0.706. The molecule has 2 heterocycles.